The molecule has 1 fully saturated rings. The lowest BCUT2D eigenvalue weighted by atomic mass is 10.1. The second-order valence-electron chi connectivity index (χ2n) is 6.09. The summed E-state index contributed by atoms with van der Waals surface area (Å²) in [5.41, 5.74) is 6.78. The molecule has 146 valence electrons. The first-order chi connectivity index (χ1) is 13.3. The van der Waals surface area contributed by atoms with Gasteiger partial charge < -0.3 is 15.2 Å². The lowest BCUT2D eigenvalue weighted by Gasteiger charge is -2.21. The maximum absolute atomic E-state index is 12.6. The number of carbonyl (C=O) groups excluding carboxylic acids is 3. The molecule has 9 heteroatoms. The summed E-state index contributed by atoms with van der Waals surface area (Å²) in [5.74, 6) is -1.12. The van der Waals surface area contributed by atoms with Crippen molar-refractivity contribution in [1.29, 1.82) is 0 Å². The molecule has 0 aliphatic carbocycles. The standard InChI is InChI=1S/C19H16Cl2N2O5/c20-12-6-13(21)18(14(22)7-12)15(24)8-16-23(9-17(25)28-16)19(26)27-10-11-4-2-1-3-5-11/h1-7,16H,8-10,22H2/t16-/m0/s1. The SMILES string of the molecule is Nc1cc(Cl)cc(Cl)c1C(=O)C[C@@H]1OC(=O)CN1C(=O)OCc1ccccc1. The molecule has 1 saturated heterocycles. The van der Waals surface area contributed by atoms with Crippen LogP contribution in [0.1, 0.15) is 22.3 Å². The van der Waals surface area contributed by atoms with Crippen LogP contribution in [0.4, 0.5) is 10.5 Å². The Hall–Kier alpha value is -2.77. The molecule has 1 atom stereocenters. The Balaban J connectivity index is 1.69. The number of benzene rings is 2. The number of halogens is 2. The van der Waals surface area contributed by atoms with Crippen LogP contribution in [0.2, 0.25) is 10.0 Å². The van der Waals surface area contributed by atoms with Crippen LogP contribution in [0.3, 0.4) is 0 Å². The minimum Gasteiger partial charge on any atom is -0.444 e. The predicted molar refractivity (Wildman–Crippen MR) is 103 cm³/mol. The van der Waals surface area contributed by atoms with E-state index in [1.54, 1.807) is 12.1 Å². The van der Waals surface area contributed by atoms with E-state index in [-0.39, 0.29) is 40.9 Å². The monoisotopic (exact) mass is 422 g/mol. The number of hydrogen-bond donors (Lipinski definition) is 1. The highest BCUT2D eigenvalue weighted by Crippen LogP contribution is 2.30. The van der Waals surface area contributed by atoms with Gasteiger partial charge in [-0.1, -0.05) is 53.5 Å². The molecule has 1 aliphatic rings. The first-order valence-corrected chi connectivity index (χ1v) is 9.05. The average Bonchev–Trinajstić information content (AvgIpc) is 3.00. The van der Waals surface area contributed by atoms with Crippen molar-refractivity contribution >= 4 is 46.7 Å². The molecular formula is C19H16Cl2N2O5. The quantitative estimate of drug-likeness (QED) is 0.448. The van der Waals surface area contributed by atoms with Crippen LogP contribution in [0, 0.1) is 0 Å². The lowest BCUT2D eigenvalue weighted by Crippen LogP contribution is -2.38. The molecule has 3 rings (SSSR count). The number of rotatable bonds is 5. The topological polar surface area (TPSA) is 98.9 Å². The molecule has 7 nitrogen and oxygen atoms in total. The van der Waals surface area contributed by atoms with Gasteiger partial charge in [-0.25, -0.2) is 4.79 Å². The number of esters is 1. The minimum absolute atomic E-state index is 0.0288. The summed E-state index contributed by atoms with van der Waals surface area (Å²) in [6.07, 6.45) is -2.17. The van der Waals surface area contributed by atoms with Gasteiger partial charge in [0.05, 0.1) is 17.0 Å². The van der Waals surface area contributed by atoms with Gasteiger partial charge in [0.2, 0.25) is 0 Å². The number of anilines is 1. The summed E-state index contributed by atoms with van der Waals surface area (Å²) >= 11 is 11.9. The Labute approximate surface area is 170 Å². The number of nitrogens with two attached hydrogens (primary N) is 1. The third-order valence-electron chi connectivity index (χ3n) is 4.08. The van der Waals surface area contributed by atoms with E-state index in [9.17, 15) is 14.4 Å². The van der Waals surface area contributed by atoms with E-state index < -0.39 is 24.1 Å². The highest BCUT2D eigenvalue weighted by atomic mass is 35.5. The average molecular weight is 423 g/mol. The van der Waals surface area contributed by atoms with Gasteiger partial charge in [0, 0.05) is 10.7 Å². The van der Waals surface area contributed by atoms with E-state index >= 15 is 0 Å². The Morgan fingerprint density at radius 1 is 1.21 bits per heavy atom. The fraction of sp³-hybridized carbons (Fsp3) is 0.211. The number of ketones is 1. The van der Waals surface area contributed by atoms with Crippen molar-refractivity contribution in [1.82, 2.24) is 4.90 Å². The summed E-state index contributed by atoms with van der Waals surface area (Å²) in [7, 11) is 0. The van der Waals surface area contributed by atoms with Gasteiger partial charge in [0.15, 0.2) is 12.0 Å². The molecule has 0 unspecified atom stereocenters. The predicted octanol–water partition coefficient (Wildman–Crippen LogP) is 3.67. The summed E-state index contributed by atoms with van der Waals surface area (Å²) < 4.78 is 10.3. The van der Waals surface area contributed by atoms with Gasteiger partial charge in [-0.2, -0.15) is 0 Å². The van der Waals surface area contributed by atoms with E-state index in [0.717, 1.165) is 10.5 Å². The molecule has 0 radical (unpaired) electrons. The molecule has 2 aromatic rings. The van der Waals surface area contributed by atoms with Crippen molar-refractivity contribution in [3.8, 4) is 0 Å². The molecule has 0 aromatic heterocycles. The Morgan fingerprint density at radius 3 is 2.61 bits per heavy atom. The first kappa shape index (κ1) is 20.0. The number of nitrogen functional groups attached to an aromatic ring is 1. The summed E-state index contributed by atoms with van der Waals surface area (Å²) in [5, 5.41) is 0.370. The molecule has 1 amide bonds. The van der Waals surface area contributed by atoms with Crippen LogP contribution in [0.15, 0.2) is 42.5 Å². The van der Waals surface area contributed by atoms with E-state index in [4.69, 9.17) is 38.4 Å². The van der Waals surface area contributed by atoms with Gasteiger partial charge in [0.25, 0.3) is 0 Å². The zero-order valence-corrected chi connectivity index (χ0v) is 16.1. The number of amides is 1. The van der Waals surface area contributed by atoms with Gasteiger partial charge in [-0.15, -0.1) is 0 Å². The largest absolute Gasteiger partial charge is 0.444 e. The Morgan fingerprint density at radius 2 is 1.93 bits per heavy atom. The van der Waals surface area contributed by atoms with Crippen molar-refractivity contribution in [2.24, 2.45) is 0 Å². The van der Waals surface area contributed by atoms with Crippen molar-refractivity contribution in [2.75, 3.05) is 12.3 Å². The van der Waals surface area contributed by atoms with Crippen molar-refractivity contribution in [3.63, 3.8) is 0 Å². The Bertz CT molecular complexity index is 897. The van der Waals surface area contributed by atoms with Crippen LogP contribution in [0.25, 0.3) is 0 Å². The van der Waals surface area contributed by atoms with Crippen LogP contribution in [-0.2, 0) is 20.9 Å². The summed E-state index contributed by atoms with van der Waals surface area (Å²) in [4.78, 5) is 37.7. The first-order valence-electron chi connectivity index (χ1n) is 8.29. The highest BCUT2D eigenvalue weighted by molar-refractivity contribution is 6.37. The second kappa shape index (κ2) is 8.50. The van der Waals surface area contributed by atoms with Gasteiger partial charge >= 0.3 is 12.1 Å². The van der Waals surface area contributed by atoms with Crippen molar-refractivity contribution < 1.29 is 23.9 Å². The number of nitrogens with zero attached hydrogens (tertiary/aromatic N) is 1. The number of Topliss-reactive ketones (excluding diaryl/α,β-unsaturated/α-hetero) is 1. The molecule has 1 heterocycles. The van der Waals surface area contributed by atoms with Crippen LogP contribution in [0.5, 0.6) is 0 Å². The number of cyclic esters (lactones) is 1. The minimum atomic E-state index is -1.10. The second-order valence-corrected chi connectivity index (χ2v) is 6.94. The lowest BCUT2D eigenvalue weighted by molar-refractivity contribution is -0.140. The van der Waals surface area contributed by atoms with Crippen LogP contribution >= 0.6 is 23.2 Å². The molecule has 0 saturated carbocycles. The van der Waals surface area contributed by atoms with Gasteiger partial charge in [-0.3, -0.25) is 14.5 Å². The smallest absolute Gasteiger partial charge is 0.413 e. The molecule has 28 heavy (non-hydrogen) atoms. The van der Waals surface area contributed by atoms with E-state index in [1.165, 1.54) is 12.1 Å². The number of ether oxygens (including phenoxy) is 2. The molecular weight excluding hydrogens is 407 g/mol. The van der Waals surface area contributed by atoms with E-state index in [1.807, 2.05) is 18.2 Å². The van der Waals surface area contributed by atoms with Gasteiger partial charge in [-0.05, 0) is 17.7 Å². The maximum Gasteiger partial charge on any atom is 0.413 e. The van der Waals surface area contributed by atoms with E-state index in [2.05, 4.69) is 0 Å². The number of carbonyl (C=O) groups is 3. The van der Waals surface area contributed by atoms with Crippen LogP contribution < -0.4 is 5.73 Å². The molecule has 0 spiro atoms. The molecule has 0 bridgehead atoms. The maximum atomic E-state index is 12.6. The summed E-state index contributed by atoms with van der Waals surface area (Å²) in [6, 6.07) is 11.8. The summed E-state index contributed by atoms with van der Waals surface area (Å²) in [6.45, 7) is -0.281. The number of hydrogen-bond acceptors (Lipinski definition) is 6. The fourth-order valence-electron chi connectivity index (χ4n) is 2.78. The zero-order chi connectivity index (χ0) is 20.3. The highest BCUT2D eigenvalue weighted by Gasteiger charge is 2.38. The zero-order valence-electron chi connectivity index (χ0n) is 14.6. The van der Waals surface area contributed by atoms with Crippen LogP contribution in [-0.4, -0.2) is 35.5 Å². The third-order valence-corrected chi connectivity index (χ3v) is 4.59. The normalized spacial score (nSPS) is 16.0. The van der Waals surface area contributed by atoms with E-state index in [0.29, 0.717) is 0 Å². The third kappa shape index (κ3) is 4.55. The molecule has 1 aliphatic heterocycles. The molecule has 2 aromatic carbocycles. The van der Waals surface area contributed by atoms with Crippen molar-refractivity contribution in [2.45, 2.75) is 19.3 Å². The molecule has 2 N–H and O–H groups in total. The van der Waals surface area contributed by atoms with Gasteiger partial charge in [0.1, 0.15) is 13.2 Å². The van der Waals surface area contributed by atoms with Crippen molar-refractivity contribution in [3.05, 3.63) is 63.6 Å². The fourth-order valence-corrected chi connectivity index (χ4v) is 3.39. The Kier molecular flexibility index (Phi) is 6.06.